The average molecular weight is 291 g/mol. The molecule has 1 aliphatic rings. The molecule has 0 aromatic rings. The lowest BCUT2D eigenvalue weighted by Gasteiger charge is -2.29. The molecular weight excluding hydrogens is 266 g/mol. The van der Waals surface area contributed by atoms with Gasteiger partial charge in [0.15, 0.2) is 0 Å². The van der Waals surface area contributed by atoms with Crippen molar-refractivity contribution in [3.63, 3.8) is 0 Å². The molecule has 0 saturated heterocycles. The molecule has 0 spiro atoms. The number of carboxylic acid groups (broad SMARTS) is 1. The first kappa shape index (κ1) is 16.4. The van der Waals surface area contributed by atoms with Crippen LogP contribution in [-0.4, -0.2) is 31.3 Å². The maximum absolute atomic E-state index is 12.1. The van der Waals surface area contributed by atoms with E-state index in [1.54, 1.807) is 20.8 Å². The fourth-order valence-corrected chi connectivity index (χ4v) is 4.35. The Kier molecular flexibility index (Phi) is 5.38. The quantitative estimate of drug-likeness (QED) is 0.811. The lowest BCUT2D eigenvalue weighted by Crippen LogP contribution is -2.50. The standard InChI is InChI=1S/C13H25NO4S/c1-13(2,3)11(12(15)16)14-19(17,18)9-10-7-5-4-6-8-10/h10-11,14H,4-9H2,1-3H3,(H,15,16)/t11-/m0/s1. The van der Waals surface area contributed by atoms with E-state index in [-0.39, 0.29) is 11.7 Å². The first-order chi connectivity index (χ1) is 8.62. The van der Waals surface area contributed by atoms with Crippen LogP contribution in [0.4, 0.5) is 0 Å². The topological polar surface area (TPSA) is 83.5 Å². The van der Waals surface area contributed by atoms with Gasteiger partial charge in [-0.1, -0.05) is 40.0 Å². The van der Waals surface area contributed by atoms with E-state index in [0.29, 0.717) is 0 Å². The molecule has 1 aliphatic carbocycles. The van der Waals surface area contributed by atoms with Crippen molar-refractivity contribution in [2.45, 2.75) is 58.9 Å². The van der Waals surface area contributed by atoms with Crippen molar-refractivity contribution in [3.8, 4) is 0 Å². The Labute approximate surface area is 115 Å². The minimum absolute atomic E-state index is 0.0485. The molecule has 0 aromatic heterocycles. The van der Waals surface area contributed by atoms with Crippen molar-refractivity contribution in [1.82, 2.24) is 4.72 Å². The highest BCUT2D eigenvalue weighted by atomic mass is 32.2. The van der Waals surface area contributed by atoms with Crippen molar-refractivity contribution in [2.24, 2.45) is 11.3 Å². The molecule has 2 N–H and O–H groups in total. The largest absolute Gasteiger partial charge is 0.480 e. The molecule has 0 aromatic carbocycles. The second-order valence-corrected chi connectivity index (χ2v) is 8.34. The zero-order valence-corrected chi connectivity index (χ0v) is 12.8. The third-order valence-corrected chi connectivity index (χ3v) is 5.10. The highest BCUT2D eigenvalue weighted by Crippen LogP contribution is 2.26. The van der Waals surface area contributed by atoms with Crippen LogP contribution in [0.15, 0.2) is 0 Å². The number of hydrogen-bond donors (Lipinski definition) is 2. The molecule has 0 bridgehead atoms. The molecule has 0 amide bonds. The van der Waals surface area contributed by atoms with Crippen LogP contribution in [0.25, 0.3) is 0 Å². The molecule has 1 atom stereocenters. The maximum atomic E-state index is 12.1. The second kappa shape index (κ2) is 6.22. The van der Waals surface area contributed by atoms with Crippen molar-refractivity contribution in [2.75, 3.05) is 5.75 Å². The van der Waals surface area contributed by atoms with E-state index >= 15 is 0 Å². The van der Waals surface area contributed by atoms with Crippen LogP contribution >= 0.6 is 0 Å². The molecule has 0 unspecified atom stereocenters. The summed E-state index contributed by atoms with van der Waals surface area (Å²) >= 11 is 0. The molecular formula is C13H25NO4S. The van der Waals surface area contributed by atoms with E-state index in [0.717, 1.165) is 25.7 Å². The van der Waals surface area contributed by atoms with Gasteiger partial charge in [0.05, 0.1) is 5.75 Å². The van der Waals surface area contributed by atoms with Gasteiger partial charge in [-0.3, -0.25) is 4.79 Å². The van der Waals surface area contributed by atoms with Crippen LogP contribution in [0.2, 0.25) is 0 Å². The lowest BCUT2D eigenvalue weighted by atomic mass is 9.88. The van der Waals surface area contributed by atoms with Gasteiger partial charge < -0.3 is 5.11 Å². The van der Waals surface area contributed by atoms with Gasteiger partial charge in [-0.2, -0.15) is 0 Å². The van der Waals surface area contributed by atoms with Crippen LogP contribution in [0.5, 0.6) is 0 Å². The summed E-state index contributed by atoms with van der Waals surface area (Å²) in [6.45, 7) is 5.15. The summed E-state index contributed by atoms with van der Waals surface area (Å²) in [5.41, 5.74) is -0.647. The Hall–Kier alpha value is -0.620. The van der Waals surface area contributed by atoms with E-state index in [2.05, 4.69) is 4.72 Å². The van der Waals surface area contributed by atoms with Gasteiger partial charge >= 0.3 is 5.97 Å². The Morgan fingerprint density at radius 2 is 1.79 bits per heavy atom. The van der Waals surface area contributed by atoms with Crippen LogP contribution < -0.4 is 4.72 Å². The zero-order valence-electron chi connectivity index (χ0n) is 12.0. The predicted octanol–water partition coefficient (Wildman–Crippen LogP) is 1.99. The van der Waals surface area contributed by atoms with E-state index < -0.39 is 27.4 Å². The van der Waals surface area contributed by atoms with E-state index in [1.807, 2.05) is 0 Å². The molecule has 1 fully saturated rings. The molecule has 0 aliphatic heterocycles. The maximum Gasteiger partial charge on any atom is 0.322 e. The smallest absolute Gasteiger partial charge is 0.322 e. The van der Waals surface area contributed by atoms with Crippen LogP contribution in [0.3, 0.4) is 0 Å². The summed E-state index contributed by atoms with van der Waals surface area (Å²) in [6, 6.07) is -1.08. The van der Waals surface area contributed by atoms with E-state index in [1.165, 1.54) is 6.42 Å². The van der Waals surface area contributed by atoms with E-state index in [4.69, 9.17) is 5.11 Å². The number of sulfonamides is 1. The summed E-state index contributed by atoms with van der Waals surface area (Å²) < 4.78 is 26.5. The van der Waals surface area contributed by atoms with Gasteiger partial charge in [0.1, 0.15) is 6.04 Å². The van der Waals surface area contributed by atoms with Crippen LogP contribution in [0.1, 0.15) is 52.9 Å². The SMILES string of the molecule is CC(C)(C)[C@@H](NS(=O)(=O)CC1CCCCC1)C(=O)O. The number of hydrogen-bond acceptors (Lipinski definition) is 3. The minimum atomic E-state index is -3.54. The molecule has 0 radical (unpaired) electrons. The van der Waals surface area contributed by atoms with Gasteiger partial charge in [-0.15, -0.1) is 0 Å². The Morgan fingerprint density at radius 1 is 1.26 bits per heavy atom. The molecule has 19 heavy (non-hydrogen) atoms. The predicted molar refractivity (Wildman–Crippen MR) is 74.4 cm³/mol. The summed E-state index contributed by atoms with van der Waals surface area (Å²) in [5.74, 6) is -0.910. The molecule has 6 heteroatoms. The minimum Gasteiger partial charge on any atom is -0.480 e. The molecule has 0 heterocycles. The van der Waals surface area contributed by atoms with Crippen molar-refractivity contribution in [1.29, 1.82) is 0 Å². The van der Waals surface area contributed by atoms with E-state index in [9.17, 15) is 13.2 Å². The molecule has 5 nitrogen and oxygen atoms in total. The summed E-state index contributed by atoms with van der Waals surface area (Å²) in [5, 5.41) is 9.15. The first-order valence-corrected chi connectivity index (χ1v) is 8.50. The van der Waals surface area contributed by atoms with Crippen LogP contribution in [0, 0.1) is 11.3 Å². The summed E-state index contributed by atoms with van der Waals surface area (Å²) in [6.07, 6.45) is 5.16. The number of rotatable bonds is 5. The Bertz CT molecular complexity index is 405. The number of carboxylic acids is 1. The lowest BCUT2D eigenvalue weighted by molar-refractivity contribution is -0.141. The molecule has 1 saturated carbocycles. The average Bonchev–Trinajstić information content (AvgIpc) is 2.25. The monoisotopic (exact) mass is 291 g/mol. The van der Waals surface area contributed by atoms with Gasteiger partial charge in [0.25, 0.3) is 0 Å². The number of nitrogens with one attached hydrogen (secondary N) is 1. The Balaban J connectivity index is 2.68. The highest BCUT2D eigenvalue weighted by molar-refractivity contribution is 7.89. The molecule has 112 valence electrons. The van der Waals surface area contributed by atoms with Crippen LogP contribution in [-0.2, 0) is 14.8 Å². The molecule has 1 rings (SSSR count). The fraction of sp³-hybridized carbons (Fsp3) is 0.923. The summed E-state index contributed by atoms with van der Waals surface area (Å²) in [4.78, 5) is 11.2. The highest BCUT2D eigenvalue weighted by Gasteiger charge is 2.35. The first-order valence-electron chi connectivity index (χ1n) is 6.84. The normalized spacial score (nSPS) is 20.2. The van der Waals surface area contributed by atoms with Crippen molar-refractivity contribution < 1.29 is 18.3 Å². The second-order valence-electron chi connectivity index (χ2n) is 6.54. The van der Waals surface area contributed by atoms with Crippen molar-refractivity contribution in [3.05, 3.63) is 0 Å². The zero-order chi connectivity index (χ0) is 14.7. The van der Waals surface area contributed by atoms with Crippen molar-refractivity contribution >= 4 is 16.0 Å². The van der Waals surface area contributed by atoms with Gasteiger partial charge in [0, 0.05) is 0 Å². The third-order valence-electron chi connectivity index (χ3n) is 3.59. The number of carbonyl (C=O) groups is 1. The number of aliphatic carboxylic acids is 1. The summed E-state index contributed by atoms with van der Waals surface area (Å²) in [7, 11) is -3.54. The third kappa shape index (κ3) is 5.48. The Morgan fingerprint density at radius 3 is 2.21 bits per heavy atom. The van der Waals surface area contributed by atoms with Gasteiger partial charge in [-0.25, -0.2) is 13.1 Å². The fourth-order valence-electron chi connectivity index (χ4n) is 2.49. The van der Waals surface area contributed by atoms with Gasteiger partial charge in [-0.05, 0) is 24.2 Å². The van der Waals surface area contributed by atoms with Gasteiger partial charge in [0.2, 0.25) is 10.0 Å².